The highest BCUT2D eigenvalue weighted by molar-refractivity contribution is 7.15. The summed E-state index contributed by atoms with van der Waals surface area (Å²) in [6.07, 6.45) is 1.77. The first-order valence-electron chi connectivity index (χ1n) is 9.15. The normalized spacial score (nSPS) is 13.5. The number of quaternary nitrogens is 1. The molecular formula is C21H28N3OS+. The number of thiazole rings is 1. The van der Waals surface area contributed by atoms with Crippen molar-refractivity contribution < 1.29 is 5.32 Å². The smallest absolute Gasteiger partial charge is 0.258 e. The Labute approximate surface area is 158 Å². The van der Waals surface area contributed by atoms with Gasteiger partial charge in [0.1, 0.15) is 18.3 Å². The number of fused-ring (bicyclic) bond motifs is 1. The van der Waals surface area contributed by atoms with Gasteiger partial charge >= 0.3 is 0 Å². The van der Waals surface area contributed by atoms with Crippen LogP contribution < -0.4 is 10.9 Å². The monoisotopic (exact) mass is 370 g/mol. The van der Waals surface area contributed by atoms with Crippen molar-refractivity contribution in [3.05, 3.63) is 69.1 Å². The summed E-state index contributed by atoms with van der Waals surface area (Å²) in [6, 6.07) is 10.9. The lowest BCUT2D eigenvalue weighted by Crippen LogP contribution is -2.84. The first kappa shape index (κ1) is 18.8. The maximum absolute atomic E-state index is 12.2. The molecule has 2 N–H and O–H groups in total. The third kappa shape index (κ3) is 4.05. The topological polar surface area (TPSA) is 51.0 Å². The van der Waals surface area contributed by atoms with Crippen LogP contribution in [0.1, 0.15) is 57.5 Å². The van der Waals surface area contributed by atoms with Crippen LogP contribution in [-0.4, -0.2) is 9.38 Å². The van der Waals surface area contributed by atoms with Gasteiger partial charge in [-0.1, -0.05) is 58.9 Å². The van der Waals surface area contributed by atoms with E-state index in [1.54, 1.807) is 16.7 Å². The standard InChI is InChI=1S/C21H27N3OS/c1-14(2)19(15-6-8-16(9-7-15)21(3,4)5)22-13-17-12-18(25)24-10-11-26-20(24)23-17/h6-12,14,19,22H,13H2,1-5H3/p+1/t19-/m1/s1. The molecule has 0 bridgehead atoms. The molecule has 138 valence electrons. The van der Waals surface area contributed by atoms with E-state index in [0.29, 0.717) is 18.5 Å². The second kappa shape index (κ2) is 7.33. The van der Waals surface area contributed by atoms with Crippen molar-refractivity contribution in [2.75, 3.05) is 0 Å². The van der Waals surface area contributed by atoms with Crippen molar-refractivity contribution in [2.24, 2.45) is 5.92 Å². The molecule has 4 nitrogen and oxygen atoms in total. The van der Waals surface area contributed by atoms with Crippen molar-refractivity contribution in [3.63, 3.8) is 0 Å². The lowest BCUT2D eigenvalue weighted by molar-refractivity contribution is -0.717. The minimum atomic E-state index is -0.00437. The van der Waals surface area contributed by atoms with Crippen LogP contribution in [-0.2, 0) is 12.0 Å². The van der Waals surface area contributed by atoms with E-state index in [4.69, 9.17) is 0 Å². The molecule has 0 saturated heterocycles. The molecule has 2 heterocycles. The molecule has 5 heteroatoms. The third-order valence-electron chi connectivity index (χ3n) is 4.82. The predicted molar refractivity (Wildman–Crippen MR) is 108 cm³/mol. The van der Waals surface area contributed by atoms with Crippen LogP contribution in [0.3, 0.4) is 0 Å². The SMILES string of the molecule is CC(C)[C@@H]([NH2+]Cc1cc(=O)n2ccsc2n1)c1ccc(C(C)(C)C)cc1. The van der Waals surface area contributed by atoms with Crippen LogP contribution in [0, 0.1) is 5.92 Å². The summed E-state index contributed by atoms with van der Waals surface area (Å²) in [4.78, 5) is 17.5. The van der Waals surface area contributed by atoms with Gasteiger partial charge in [-0.05, 0) is 11.0 Å². The highest BCUT2D eigenvalue weighted by Crippen LogP contribution is 2.25. The Morgan fingerprint density at radius 1 is 1.19 bits per heavy atom. The van der Waals surface area contributed by atoms with E-state index in [1.807, 2.05) is 5.38 Å². The number of rotatable bonds is 5. The molecule has 0 amide bonds. The van der Waals surface area contributed by atoms with Crippen LogP contribution in [0.25, 0.3) is 4.96 Å². The molecule has 26 heavy (non-hydrogen) atoms. The van der Waals surface area contributed by atoms with Gasteiger partial charge in [-0.3, -0.25) is 9.20 Å². The molecule has 0 radical (unpaired) electrons. The van der Waals surface area contributed by atoms with E-state index in [0.717, 1.165) is 10.7 Å². The Hall–Kier alpha value is -1.98. The van der Waals surface area contributed by atoms with Crippen molar-refractivity contribution >= 4 is 16.3 Å². The Bertz CT molecular complexity index is 932. The Morgan fingerprint density at radius 3 is 2.50 bits per heavy atom. The van der Waals surface area contributed by atoms with Crippen LogP contribution in [0.2, 0.25) is 0 Å². The van der Waals surface area contributed by atoms with Gasteiger partial charge in [-0.15, -0.1) is 11.3 Å². The second-order valence-electron chi connectivity index (χ2n) is 8.22. The Kier molecular flexibility index (Phi) is 5.30. The summed E-state index contributed by atoms with van der Waals surface area (Å²) in [6.45, 7) is 11.9. The molecule has 0 aliphatic carbocycles. The molecule has 3 rings (SSSR count). The van der Waals surface area contributed by atoms with E-state index in [1.165, 1.54) is 22.5 Å². The zero-order valence-corrected chi connectivity index (χ0v) is 17.0. The number of nitrogens with two attached hydrogens (primary N) is 1. The number of benzene rings is 1. The van der Waals surface area contributed by atoms with Gasteiger partial charge in [0.25, 0.3) is 5.56 Å². The largest absolute Gasteiger partial charge is 0.335 e. The van der Waals surface area contributed by atoms with Gasteiger partial charge in [0.15, 0.2) is 4.96 Å². The Balaban J connectivity index is 1.79. The molecule has 2 aromatic heterocycles. The summed E-state index contributed by atoms with van der Waals surface area (Å²) < 4.78 is 1.60. The van der Waals surface area contributed by atoms with Crippen LogP contribution >= 0.6 is 11.3 Å². The van der Waals surface area contributed by atoms with E-state index in [-0.39, 0.29) is 11.0 Å². The van der Waals surface area contributed by atoms with E-state index < -0.39 is 0 Å². The molecule has 0 aliphatic rings. The number of hydrogen-bond acceptors (Lipinski definition) is 3. The highest BCUT2D eigenvalue weighted by atomic mass is 32.1. The fourth-order valence-electron chi connectivity index (χ4n) is 3.24. The predicted octanol–water partition coefficient (Wildman–Crippen LogP) is 3.51. The molecule has 1 aromatic carbocycles. The van der Waals surface area contributed by atoms with Gasteiger partial charge in [0.05, 0.1) is 0 Å². The lowest BCUT2D eigenvalue weighted by Gasteiger charge is -2.22. The molecular weight excluding hydrogens is 342 g/mol. The van der Waals surface area contributed by atoms with Crippen LogP contribution in [0.5, 0.6) is 0 Å². The maximum Gasteiger partial charge on any atom is 0.258 e. The number of aromatic nitrogens is 2. The van der Waals surface area contributed by atoms with E-state index in [9.17, 15) is 4.79 Å². The average Bonchev–Trinajstić information content (AvgIpc) is 3.03. The van der Waals surface area contributed by atoms with Gasteiger partial charge < -0.3 is 5.32 Å². The molecule has 0 unspecified atom stereocenters. The van der Waals surface area contributed by atoms with Crippen molar-refractivity contribution in [1.29, 1.82) is 0 Å². The van der Waals surface area contributed by atoms with Crippen molar-refractivity contribution in [1.82, 2.24) is 9.38 Å². The van der Waals surface area contributed by atoms with Gasteiger partial charge in [0.2, 0.25) is 0 Å². The zero-order chi connectivity index (χ0) is 18.9. The number of nitrogens with zero attached hydrogens (tertiary/aromatic N) is 2. The molecule has 1 atom stereocenters. The second-order valence-corrected chi connectivity index (χ2v) is 9.10. The summed E-state index contributed by atoms with van der Waals surface area (Å²) in [7, 11) is 0. The van der Waals surface area contributed by atoms with Gasteiger partial charge in [0, 0.05) is 29.1 Å². The third-order valence-corrected chi connectivity index (χ3v) is 5.57. The molecule has 0 saturated carbocycles. The summed E-state index contributed by atoms with van der Waals surface area (Å²) >= 11 is 1.49. The summed E-state index contributed by atoms with van der Waals surface area (Å²) in [5.74, 6) is 0.488. The molecule has 0 fully saturated rings. The van der Waals surface area contributed by atoms with Crippen LogP contribution in [0.15, 0.2) is 46.7 Å². The summed E-state index contributed by atoms with van der Waals surface area (Å²) in [5.41, 5.74) is 3.67. The average molecular weight is 371 g/mol. The quantitative estimate of drug-likeness (QED) is 0.747. The minimum absolute atomic E-state index is 0.00437. The van der Waals surface area contributed by atoms with E-state index >= 15 is 0 Å². The van der Waals surface area contributed by atoms with Crippen molar-refractivity contribution in [3.8, 4) is 0 Å². The number of hydrogen-bond donors (Lipinski definition) is 1. The van der Waals surface area contributed by atoms with Crippen LogP contribution in [0.4, 0.5) is 0 Å². The lowest BCUT2D eigenvalue weighted by atomic mass is 9.85. The molecule has 3 aromatic rings. The van der Waals surface area contributed by atoms with Crippen molar-refractivity contribution in [2.45, 2.75) is 52.6 Å². The molecule has 0 aliphatic heterocycles. The van der Waals surface area contributed by atoms with Gasteiger partial charge in [-0.25, -0.2) is 4.98 Å². The zero-order valence-electron chi connectivity index (χ0n) is 16.2. The fourth-order valence-corrected chi connectivity index (χ4v) is 3.98. The highest BCUT2D eigenvalue weighted by Gasteiger charge is 2.21. The fraction of sp³-hybridized carbons (Fsp3) is 0.429. The van der Waals surface area contributed by atoms with E-state index in [2.05, 4.69) is 69.2 Å². The maximum atomic E-state index is 12.2. The van der Waals surface area contributed by atoms with Gasteiger partial charge in [-0.2, -0.15) is 0 Å². The summed E-state index contributed by atoms with van der Waals surface area (Å²) in [5, 5.41) is 4.19. The first-order chi connectivity index (χ1) is 12.3. The minimum Gasteiger partial charge on any atom is -0.335 e. The Morgan fingerprint density at radius 2 is 1.88 bits per heavy atom. The first-order valence-corrected chi connectivity index (χ1v) is 10.0. The molecule has 0 spiro atoms.